The first kappa shape index (κ1) is 13.1. The summed E-state index contributed by atoms with van der Waals surface area (Å²) in [6.45, 7) is 3.66. The van der Waals surface area contributed by atoms with Crippen LogP contribution in [0.3, 0.4) is 0 Å². The van der Waals surface area contributed by atoms with E-state index in [1.807, 2.05) is 13.8 Å². The fourth-order valence-corrected chi connectivity index (χ4v) is 1.67. The van der Waals surface area contributed by atoms with E-state index in [-0.39, 0.29) is 6.10 Å². The zero-order valence-electron chi connectivity index (χ0n) is 11.0. The largest absolute Gasteiger partial charge is 0.482 e. The smallest absolute Gasteiger partial charge is 0.341 e. The summed E-state index contributed by atoms with van der Waals surface area (Å²) in [7, 11) is 1.34. The molecule has 0 aliphatic carbocycles. The lowest BCUT2D eigenvalue weighted by Gasteiger charge is -2.14. The third kappa shape index (κ3) is 2.93. The molecule has 0 radical (unpaired) electrons. The van der Waals surface area contributed by atoms with Crippen molar-refractivity contribution in [3.63, 3.8) is 0 Å². The van der Waals surface area contributed by atoms with Crippen molar-refractivity contribution in [3.05, 3.63) is 47.3 Å². The lowest BCUT2D eigenvalue weighted by molar-refractivity contribution is 0.0592. The molecule has 100 valence electrons. The van der Waals surface area contributed by atoms with E-state index in [1.165, 1.54) is 7.11 Å². The van der Waals surface area contributed by atoms with Crippen LogP contribution in [-0.4, -0.2) is 18.2 Å². The number of aromatic nitrogens is 1. The molecular formula is C14H15NO4. The first-order valence-electron chi connectivity index (χ1n) is 5.89. The van der Waals surface area contributed by atoms with Gasteiger partial charge in [0.05, 0.1) is 12.8 Å². The van der Waals surface area contributed by atoms with Crippen LogP contribution in [0.15, 0.2) is 34.9 Å². The van der Waals surface area contributed by atoms with Crippen molar-refractivity contribution in [2.24, 2.45) is 0 Å². The summed E-state index contributed by atoms with van der Waals surface area (Å²) in [5.74, 6) is 0.629. The Balaban J connectivity index is 2.21. The summed E-state index contributed by atoms with van der Waals surface area (Å²) in [6, 6.07) is 8.71. The highest BCUT2D eigenvalue weighted by Gasteiger charge is 2.17. The van der Waals surface area contributed by atoms with Crippen molar-refractivity contribution in [3.8, 4) is 5.75 Å². The van der Waals surface area contributed by atoms with Gasteiger partial charge in [-0.05, 0) is 26.0 Å². The Morgan fingerprint density at radius 1 is 1.37 bits per heavy atom. The molecule has 5 nitrogen and oxygen atoms in total. The lowest BCUT2D eigenvalue weighted by Crippen LogP contribution is -2.08. The number of hydrogen-bond acceptors (Lipinski definition) is 5. The van der Waals surface area contributed by atoms with Crippen molar-refractivity contribution in [2.75, 3.05) is 7.11 Å². The van der Waals surface area contributed by atoms with Crippen LogP contribution in [0.2, 0.25) is 0 Å². The second kappa shape index (κ2) is 5.56. The summed E-state index contributed by atoms with van der Waals surface area (Å²) in [5, 5.41) is 3.81. The highest BCUT2D eigenvalue weighted by molar-refractivity contribution is 5.92. The van der Waals surface area contributed by atoms with Gasteiger partial charge in [-0.15, -0.1) is 0 Å². The number of ether oxygens (including phenoxy) is 2. The van der Waals surface area contributed by atoms with Crippen molar-refractivity contribution in [1.82, 2.24) is 5.16 Å². The molecule has 19 heavy (non-hydrogen) atoms. The van der Waals surface area contributed by atoms with E-state index in [9.17, 15) is 4.79 Å². The van der Waals surface area contributed by atoms with Crippen LogP contribution in [0.5, 0.6) is 5.75 Å². The number of esters is 1. The Hall–Kier alpha value is -2.30. The SMILES string of the molecule is COC(=O)c1ccccc1OC(C)c1cc(C)no1. The van der Waals surface area contributed by atoms with Crippen LogP contribution in [-0.2, 0) is 4.74 Å². The van der Waals surface area contributed by atoms with E-state index in [2.05, 4.69) is 5.16 Å². The van der Waals surface area contributed by atoms with Crippen molar-refractivity contribution in [1.29, 1.82) is 0 Å². The van der Waals surface area contributed by atoms with Gasteiger partial charge >= 0.3 is 5.97 Å². The monoisotopic (exact) mass is 261 g/mol. The predicted molar refractivity (Wildman–Crippen MR) is 68.1 cm³/mol. The summed E-state index contributed by atoms with van der Waals surface area (Å²) < 4.78 is 15.6. The van der Waals surface area contributed by atoms with E-state index in [1.54, 1.807) is 30.3 Å². The molecule has 1 aromatic heterocycles. The van der Waals surface area contributed by atoms with E-state index in [0.717, 1.165) is 5.69 Å². The van der Waals surface area contributed by atoms with Crippen molar-refractivity contribution in [2.45, 2.75) is 20.0 Å². The summed E-state index contributed by atoms with van der Waals surface area (Å²) in [5.41, 5.74) is 1.17. The van der Waals surface area contributed by atoms with Crippen LogP contribution in [0.25, 0.3) is 0 Å². The van der Waals surface area contributed by atoms with Gasteiger partial charge in [0.25, 0.3) is 0 Å². The molecule has 2 rings (SSSR count). The zero-order valence-corrected chi connectivity index (χ0v) is 11.0. The molecule has 1 heterocycles. The zero-order chi connectivity index (χ0) is 13.8. The molecule has 1 atom stereocenters. The van der Waals surface area contributed by atoms with E-state index in [4.69, 9.17) is 14.0 Å². The molecule has 0 aliphatic heterocycles. The molecule has 0 saturated carbocycles. The van der Waals surface area contributed by atoms with Gasteiger partial charge in [-0.25, -0.2) is 4.79 Å². The Morgan fingerprint density at radius 3 is 2.74 bits per heavy atom. The van der Waals surface area contributed by atoms with E-state index < -0.39 is 5.97 Å². The minimum Gasteiger partial charge on any atom is -0.482 e. The normalized spacial score (nSPS) is 11.9. The van der Waals surface area contributed by atoms with E-state index in [0.29, 0.717) is 17.1 Å². The number of methoxy groups -OCH3 is 1. The third-order valence-electron chi connectivity index (χ3n) is 2.64. The van der Waals surface area contributed by atoms with Gasteiger partial charge in [-0.1, -0.05) is 17.3 Å². The first-order chi connectivity index (χ1) is 9.11. The summed E-state index contributed by atoms with van der Waals surface area (Å²) in [4.78, 5) is 11.6. The molecule has 2 aromatic rings. The maximum absolute atomic E-state index is 11.6. The topological polar surface area (TPSA) is 61.6 Å². The van der Waals surface area contributed by atoms with Gasteiger partial charge in [0.1, 0.15) is 11.3 Å². The number of carbonyl (C=O) groups is 1. The second-order valence-electron chi connectivity index (χ2n) is 4.12. The van der Waals surface area contributed by atoms with Crippen LogP contribution in [0.4, 0.5) is 0 Å². The van der Waals surface area contributed by atoms with E-state index >= 15 is 0 Å². The molecule has 0 amide bonds. The number of hydrogen-bond donors (Lipinski definition) is 0. The molecule has 5 heteroatoms. The Morgan fingerprint density at radius 2 is 2.11 bits per heavy atom. The average Bonchev–Trinajstić information content (AvgIpc) is 2.85. The Labute approximate surface area is 111 Å². The number of carbonyl (C=O) groups excluding carboxylic acids is 1. The third-order valence-corrected chi connectivity index (χ3v) is 2.64. The molecule has 1 unspecified atom stereocenters. The number of aryl methyl sites for hydroxylation is 1. The predicted octanol–water partition coefficient (Wildman–Crippen LogP) is 2.91. The van der Waals surface area contributed by atoms with Gasteiger partial charge in [0.15, 0.2) is 11.9 Å². The maximum Gasteiger partial charge on any atom is 0.341 e. The van der Waals surface area contributed by atoms with Crippen LogP contribution >= 0.6 is 0 Å². The highest BCUT2D eigenvalue weighted by atomic mass is 16.5. The molecule has 0 N–H and O–H groups in total. The Bertz CT molecular complexity index is 576. The number of para-hydroxylation sites is 1. The standard InChI is InChI=1S/C14H15NO4/c1-9-8-13(19-15-9)10(2)18-12-7-5-4-6-11(12)14(16)17-3/h4-8,10H,1-3H3. The van der Waals surface area contributed by atoms with Crippen molar-refractivity contribution >= 4 is 5.97 Å². The fraction of sp³-hybridized carbons (Fsp3) is 0.286. The quantitative estimate of drug-likeness (QED) is 0.792. The molecule has 1 aromatic carbocycles. The first-order valence-corrected chi connectivity index (χ1v) is 5.89. The van der Waals surface area contributed by atoms with Crippen LogP contribution in [0.1, 0.15) is 34.8 Å². The number of benzene rings is 1. The lowest BCUT2D eigenvalue weighted by atomic mass is 10.2. The van der Waals surface area contributed by atoms with Gasteiger partial charge in [-0.2, -0.15) is 0 Å². The molecular weight excluding hydrogens is 246 g/mol. The number of nitrogens with zero attached hydrogens (tertiary/aromatic N) is 1. The minimum atomic E-state index is -0.434. The van der Waals surface area contributed by atoms with Crippen molar-refractivity contribution < 1.29 is 18.8 Å². The molecule has 0 saturated heterocycles. The Kier molecular flexibility index (Phi) is 3.85. The van der Waals surface area contributed by atoms with Crippen LogP contribution in [0, 0.1) is 6.92 Å². The molecule has 0 spiro atoms. The minimum absolute atomic E-state index is 0.341. The van der Waals surface area contributed by atoms with Gasteiger partial charge in [0, 0.05) is 6.07 Å². The molecule has 0 aliphatic rings. The van der Waals surface area contributed by atoms with Gasteiger partial charge in [-0.3, -0.25) is 0 Å². The number of rotatable bonds is 4. The summed E-state index contributed by atoms with van der Waals surface area (Å²) in [6.07, 6.45) is -0.341. The summed E-state index contributed by atoms with van der Waals surface area (Å²) >= 11 is 0. The average molecular weight is 261 g/mol. The van der Waals surface area contributed by atoms with Crippen LogP contribution < -0.4 is 4.74 Å². The highest BCUT2D eigenvalue weighted by Crippen LogP contribution is 2.26. The molecule has 0 bridgehead atoms. The van der Waals surface area contributed by atoms with Gasteiger partial charge < -0.3 is 14.0 Å². The second-order valence-corrected chi connectivity index (χ2v) is 4.12. The van der Waals surface area contributed by atoms with Gasteiger partial charge in [0.2, 0.25) is 0 Å². The fourth-order valence-electron chi connectivity index (χ4n) is 1.67. The molecule has 0 fully saturated rings. The maximum atomic E-state index is 11.6.